The molecular weight excluding hydrogens is 322 g/mol. The molecule has 1 atom stereocenters. The van der Waals surface area contributed by atoms with Gasteiger partial charge in [0.2, 0.25) is 5.91 Å². The Morgan fingerprint density at radius 1 is 1.12 bits per heavy atom. The second kappa shape index (κ2) is 6.84. The van der Waals surface area contributed by atoms with Crippen molar-refractivity contribution in [3.05, 3.63) is 53.6 Å². The number of hydrogen-bond donors (Lipinski definition) is 1. The summed E-state index contributed by atoms with van der Waals surface area (Å²) in [7, 11) is 3.04. The Kier molecular flexibility index (Phi) is 4.61. The van der Waals surface area contributed by atoms with Crippen LogP contribution in [0.3, 0.4) is 0 Å². The third-order valence-electron chi connectivity index (χ3n) is 4.44. The van der Waals surface area contributed by atoms with Crippen molar-refractivity contribution in [2.45, 2.75) is 12.3 Å². The summed E-state index contributed by atoms with van der Waals surface area (Å²) in [5.41, 5.74) is 1.83. The number of aromatic carboxylic acids is 1. The Morgan fingerprint density at radius 2 is 1.84 bits per heavy atom. The van der Waals surface area contributed by atoms with E-state index in [9.17, 15) is 14.7 Å². The first kappa shape index (κ1) is 16.8. The fourth-order valence-electron chi connectivity index (χ4n) is 3.08. The smallest absolute Gasteiger partial charge is 0.339 e. The van der Waals surface area contributed by atoms with Crippen molar-refractivity contribution in [2.75, 3.05) is 25.7 Å². The second-order valence-corrected chi connectivity index (χ2v) is 5.87. The molecule has 1 aliphatic rings. The van der Waals surface area contributed by atoms with Gasteiger partial charge >= 0.3 is 5.97 Å². The van der Waals surface area contributed by atoms with Gasteiger partial charge in [-0.3, -0.25) is 4.79 Å². The van der Waals surface area contributed by atoms with E-state index in [0.717, 1.165) is 17.0 Å². The number of anilines is 1. The van der Waals surface area contributed by atoms with Crippen LogP contribution in [0.15, 0.2) is 42.5 Å². The van der Waals surface area contributed by atoms with E-state index in [1.54, 1.807) is 24.1 Å². The molecule has 2 aromatic carbocycles. The molecule has 130 valence electrons. The van der Waals surface area contributed by atoms with E-state index in [1.807, 2.05) is 24.3 Å². The summed E-state index contributed by atoms with van der Waals surface area (Å²) < 4.78 is 10.3. The van der Waals surface area contributed by atoms with Crippen LogP contribution in [0.1, 0.15) is 28.3 Å². The summed E-state index contributed by atoms with van der Waals surface area (Å²) in [6.07, 6.45) is 0.377. The maximum Gasteiger partial charge on any atom is 0.339 e. The van der Waals surface area contributed by atoms with Gasteiger partial charge in [0.05, 0.1) is 14.2 Å². The van der Waals surface area contributed by atoms with Crippen LogP contribution in [0.25, 0.3) is 0 Å². The first-order chi connectivity index (χ1) is 12.0. The first-order valence-electron chi connectivity index (χ1n) is 7.89. The van der Waals surface area contributed by atoms with E-state index < -0.39 is 5.97 Å². The zero-order chi connectivity index (χ0) is 18.0. The highest BCUT2D eigenvalue weighted by atomic mass is 16.5. The van der Waals surface area contributed by atoms with Gasteiger partial charge in [-0.1, -0.05) is 6.07 Å². The molecule has 1 aliphatic heterocycles. The molecule has 0 radical (unpaired) electrons. The lowest BCUT2D eigenvalue weighted by molar-refractivity contribution is -0.117. The highest BCUT2D eigenvalue weighted by Crippen LogP contribution is 2.34. The average molecular weight is 341 g/mol. The fourth-order valence-corrected chi connectivity index (χ4v) is 3.08. The number of ether oxygens (including phenoxy) is 2. The van der Waals surface area contributed by atoms with Crippen LogP contribution >= 0.6 is 0 Å². The third kappa shape index (κ3) is 3.28. The highest BCUT2D eigenvalue weighted by molar-refractivity contribution is 5.96. The largest absolute Gasteiger partial charge is 0.497 e. The number of carboxylic acid groups (broad SMARTS) is 1. The molecule has 6 heteroatoms. The summed E-state index contributed by atoms with van der Waals surface area (Å²) in [5, 5.41) is 9.18. The molecule has 2 aromatic rings. The molecule has 0 saturated carbocycles. The SMILES string of the molecule is COc1ccc(N2CC(c3ccc(C(=O)O)c(OC)c3)CC2=O)cc1. The number of carbonyl (C=O) groups is 2. The molecule has 6 nitrogen and oxygen atoms in total. The summed E-state index contributed by atoms with van der Waals surface area (Å²) in [6.45, 7) is 0.542. The lowest BCUT2D eigenvalue weighted by Crippen LogP contribution is -2.24. The van der Waals surface area contributed by atoms with E-state index >= 15 is 0 Å². The van der Waals surface area contributed by atoms with Gasteiger partial charge < -0.3 is 19.5 Å². The summed E-state index contributed by atoms with van der Waals surface area (Å²) in [4.78, 5) is 25.4. The Bertz CT molecular complexity index is 800. The van der Waals surface area contributed by atoms with E-state index in [4.69, 9.17) is 9.47 Å². The van der Waals surface area contributed by atoms with Crippen LogP contribution < -0.4 is 14.4 Å². The number of benzene rings is 2. The van der Waals surface area contributed by atoms with Crippen molar-refractivity contribution in [3.8, 4) is 11.5 Å². The molecule has 1 N–H and O–H groups in total. The summed E-state index contributed by atoms with van der Waals surface area (Å²) in [5.74, 6) is 0.0369. The number of carbonyl (C=O) groups excluding carboxylic acids is 1. The van der Waals surface area contributed by atoms with Crippen molar-refractivity contribution in [1.29, 1.82) is 0 Å². The molecule has 1 amide bonds. The van der Waals surface area contributed by atoms with Gasteiger partial charge in [-0.15, -0.1) is 0 Å². The molecule has 0 spiro atoms. The van der Waals surface area contributed by atoms with Crippen molar-refractivity contribution < 1.29 is 24.2 Å². The van der Waals surface area contributed by atoms with Gasteiger partial charge in [0, 0.05) is 24.6 Å². The average Bonchev–Trinajstić information content (AvgIpc) is 3.02. The van der Waals surface area contributed by atoms with Crippen LogP contribution in [0.2, 0.25) is 0 Å². The maximum atomic E-state index is 12.4. The fraction of sp³-hybridized carbons (Fsp3) is 0.263. The van der Waals surface area contributed by atoms with E-state index in [2.05, 4.69) is 0 Å². The molecule has 1 unspecified atom stereocenters. The maximum absolute atomic E-state index is 12.4. The van der Waals surface area contributed by atoms with Gasteiger partial charge in [0.1, 0.15) is 17.1 Å². The van der Waals surface area contributed by atoms with Crippen LogP contribution in [0, 0.1) is 0 Å². The Balaban J connectivity index is 1.83. The second-order valence-electron chi connectivity index (χ2n) is 5.87. The highest BCUT2D eigenvalue weighted by Gasteiger charge is 2.32. The van der Waals surface area contributed by atoms with Gasteiger partial charge in [0.25, 0.3) is 0 Å². The predicted octanol–water partition coefficient (Wildman–Crippen LogP) is 2.92. The normalized spacial score (nSPS) is 16.8. The third-order valence-corrected chi connectivity index (χ3v) is 4.44. The number of hydrogen-bond acceptors (Lipinski definition) is 4. The number of carboxylic acids is 1. The molecule has 0 aliphatic carbocycles. The van der Waals surface area contributed by atoms with Gasteiger partial charge in [-0.05, 0) is 42.0 Å². The minimum absolute atomic E-state index is 0.00801. The van der Waals surface area contributed by atoms with Crippen LogP contribution in [-0.2, 0) is 4.79 Å². The van der Waals surface area contributed by atoms with E-state index in [1.165, 1.54) is 13.2 Å². The topological polar surface area (TPSA) is 76.1 Å². The van der Waals surface area contributed by atoms with Gasteiger partial charge in [0.15, 0.2) is 0 Å². The lowest BCUT2D eigenvalue weighted by Gasteiger charge is -2.17. The van der Waals surface area contributed by atoms with Crippen LogP contribution in [-0.4, -0.2) is 37.7 Å². The Labute approximate surface area is 145 Å². The predicted molar refractivity (Wildman–Crippen MR) is 92.7 cm³/mol. The number of rotatable bonds is 5. The molecule has 0 aromatic heterocycles. The standard InChI is InChI=1S/C19H19NO5/c1-24-15-6-4-14(5-7-15)20-11-13(10-18(20)21)12-3-8-16(19(22)23)17(9-12)25-2/h3-9,13H,10-11H2,1-2H3,(H,22,23). The van der Waals surface area contributed by atoms with Crippen LogP contribution in [0.5, 0.6) is 11.5 Å². The minimum Gasteiger partial charge on any atom is -0.497 e. The van der Waals surface area contributed by atoms with E-state index in [0.29, 0.717) is 18.7 Å². The van der Waals surface area contributed by atoms with Crippen LogP contribution in [0.4, 0.5) is 5.69 Å². The molecule has 1 saturated heterocycles. The zero-order valence-corrected chi connectivity index (χ0v) is 14.1. The zero-order valence-electron chi connectivity index (χ0n) is 14.1. The van der Waals surface area contributed by atoms with Crippen molar-refractivity contribution >= 4 is 17.6 Å². The van der Waals surface area contributed by atoms with Crippen molar-refractivity contribution in [3.63, 3.8) is 0 Å². The monoisotopic (exact) mass is 341 g/mol. The Morgan fingerprint density at radius 3 is 2.44 bits per heavy atom. The Hall–Kier alpha value is -3.02. The molecule has 25 heavy (non-hydrogen) atoms. The number of amides is 1. The number of methoxy groups -OCH3 is 2. The summed E-state index contributed by atoms with van der Waals surface area (Å²) >= 11 is 0. The minimum atomic E-state index is -1.04. The first-order valence-corrected chi connectivity index (χ1v) is 7.89. The molecule has 1 heterocycles. The molecule has 3 rings (SSSR count). The summed E-state index contributed by atoms with van der Waals surface area (Å²) in [6, 6.07) is 12.3. The molecule has 0 bridgehead atoms. The van der Waals surface area contributed by atoms with Crippen molar-refractivity contribution in [1.82, 2.24) is 0 Å². The molecular formula is C19H19NO5. The van der Waals surface area contributed by atoms with Crippen molar-refractivity contribution in [2.24, 2.45) is 0 Å². The van der Waals surface area contributed by atoms with Gasteiger partial charge in [-0.25, -0.2) is 4.79 Å². The lowest BCUT2D eigenvalue weighted by atomic mass is 9.96. The van der Waals surface area contributed by atoms with Gasteiger partial charge in [-0.2, -0.15) is 0 Å². The van der Waals surface area contributed by atoms with E-state index in [-0.39, 0.29) is 17.4 Å². The molecule has 1 fully saturated rings. The number of nitrogens with zero attached hydrogens (tertiary/aromatic N) is 1. The quantitative estimate of drug-likeness (QED) is 0.905.